The lowest BCUT2D eigenvalue weighted by Crippen LogP contribution is -2.00. The third-order valence-corrected chi connectivity index (χ3v) is 4.98. The fourth-order valence-electron chi connectivity index (χ4n) is 2.79. The van der Waals surface area contributed by atoms with Gasteiger partial charge in [-0.3, -0.25) is 0 Å². The van der Waals surface area contributed by atoms with Gasteiger partial charge in [0.2, 0.25) is 5.13 Å². The highest BCUT2D eigenvalue weighted by Gasteiger charge is 2.17. The Morgan fingerprint density at radius 2 is 1.93 bits per heavy atom. The Bertz CT molecular complexity index is 1140. The summed E-state index contributed by atoms with van der Waals surface area (Å²) >= 11 is 1.23. The van der Waals surface area contributed by atoms with Gasteiger partial charge in [0.1, 0.15) is 11.6 Å². The molecule has 0 amide bonds. The number of benzene rings is 2. The van der Waals surface area contributed by atoms with Crippen LogP contribution in [0.2, 0.25) is 0 Å². The summed E-state index contributed by atoms with van der Waals surface area (Å²) in [4.78, 5) is 4.51. The molecular weight excluding hydrogens is 391 g/mol. The van der Waals surface area contributed by atoms with Crippen molar-refractivity contribution in [3.05, 3.63) is 59.5 Å². The van der Waals surface area contributed by atoms with Crippen molar-refractivity contribution in [3.63, 3.8) is 0 Å². The summed E-state index contributed by atoms with van der Waals surface area (Å²) in [5, 5.41) is 12.2. The lowest BCUT2D eigenvalue weighted by molar-refractivity contribution is 0.340. The van der Waals surface area contributed by atoms with Crippen molar-refractivity contribution in [3.8, 4) is 23.0 Å². The fraction of sp³-hybridized carbons (Fsp3) is 0.200. The number of hydrogen-bond acceptors (Lipinski definition) is 7. The number of anilines is 2. The molecule has 0 saturated carbocycles. The second-order valence-corrected chi connectivity index (χ2v) is 7.13. The molecule has 0 radical (unpaired) electrons. The number of nitrogens with zero attached hydrogens (tertiary/aromatic N) is 5. The van der Waals surface area contributed by atoms with Gasteiger partial charge in [-0.15, -0.1) is 5.10 Å². The van der Waals surface area contributed by atoms with Crippen LogP contribution < -0.4 is 10.1 Å². The van der Waals surface area contributed by atoms with Crippen LogP contribution in [-0.2, 0) is 0 Å². The number of halogens is 1. The zero-order valence-corrected chi connectivity index (χ0v) is 17.0. The van der Waals surface area contributed by atoms with Gasteiger partial charge in [0.15, 0.2) is 11.5 Å². The summed E-state index contributed by atoms with van der Waals surface area (Å²) in [6.45, 7) is 6.15. The van der Waals surface area contributed by atoms with E-state index < -0.39 is 0 Å². The largest absolute Gasteiger partial charge is 0.494 e. The van der Waals surface area contributed by atoms with Gasteiger partial charge in [-0.25, -0.2) is 9.07 Å². The Hall–Kier alpha value is -3.33. The molecule has 29 heavy (non-hydrogen) atoms. The van der Waals surface area contributed by atoms with E-state index in [-0.39, 0.29) is 5.82 Å². The predicted molar refractivity (Wildman–Crippen MR) is 111 cm³/mol. The van der Waals surface area contributed by atoms with Crippen molar-refractivity contribution < 1.29 is 9.13 Å². The lowest BCUT2D eigenvalue weighted by atomic mass is 10.2. The Kier molecular flexibility index (Phi) is 5.22. The zero-order valence-electron chi connectivity index (χ0n) is 16.2. The van der Waals surface area contributed by atoms with Gasteiger partial charge in [0.05, 0.1) is 18.0 Å². The smallest absolute Gasteiger partial charge is 0.207 e. The van der Waals surface area contributed by atoms with E-state index >= 15 is 0 Å². The molecule has 0 saturated heterocycles. The van der Waals surface area contributed by atoms with Crippen LogP contribution in [0.5, 0.6) is 5.75 Å². The van der Waals surface area contributed by atoms with Crippen LogP contribution in [0.1, 0.15) is 18.2 Å². The van der Waals surface area contributed by atoms with Crippen LogP contribution in [0.4, 0.5) is 15.2 Å². The van der Waals surface area contributed by atoms with Crippen LogP contribution in [0.25, 0.3) is 17.2 Å². The number of ether oxygens (including phenoxy) is 1. The molecule has 4 aromatic rings. The van der Waals surface area contributed by atoms with E-state index in [0.717, 1.165) is 17.1 Å². The Balaban J connectivity index is 1.55. The zero-order chi connectivity index (χ0) is 20.4. The normalized spacial score (nSPS) is 10.9. The van der Waals surface area contributed by atoms with Crippen molar-refractivity contribution in [1.29, 1.82) is 0 Å². The van der Waals surface area contributed by atoms with E-state index in [1.54, 1.807) is 23.7 Å². The minimum atomic E-state index is -0.285. The number of aromatic nitrogens is 5. The van der Waals surface area contributed by atoms with Gasteiger partial charge in [-0.2, -0.15) is 9.36 Å². The van der Waals surface area contributed by atoms with E-state index in [1.165, 1.54) is 17.6 Å². The second-order valence-electron chi connectivity index (χ2n) is 6.37. The maximum atomic E-state index is 13.9. The monoisotopic (exact) mass is 410 g/mol. The maximum Gasteiger partial charge on any atom is 0.207 e. The number of rotatable bonds is 6. The molecule has 0 aliphatic carbocycles. The van der Waals surface area contributed by atoms with Crippen molar-refractivity contribution in [1.82, 2.24) is 24.4 Å². The molecule has 7 nitrogen and oxygen atoms in total. The van der Waals surface area contributed by atoms with Gasteiger partial charge in [-0.05, 0) is 62.7 Å². The molecule has 0 bridgehead atoms. The van der Waals surface area contributed by atoms with Gasteiger partial charge < -0.3 is 10.1 Å². The predicted octanol–water partition coefficient (Wildman–Crippen LogP) is 4.68. The van der Waals surface area contributed by atoms with Crippen LogP contribution in [0.3, 0.4) is 0 Å². The topological polar surface area (TPSA) is 77.8 Å². The summed E-state index contributed by atoms with van der Waals surface area (Å²) in [5.74, 6) is 1.00. The minimum Gasteiger partial charge on any atom is -0.494 e. The van der Waals surface area contributed by atoms with Crippen LogP contribution in [0, 0.1) is 19.7 Å². The molecule has 0 aliphatic rings. The molecule has 2 aromatic carbocycles. The first kappa shape index (κ1) is 19.0. The van der Waals surface area contributed by atoms with Gasteiger partial charge >= 0.3 is 0 Å². The van der Waals surface area contributed by atoms with Crippen molar-refractivity contribution in [2.75, 3.05) is 11.9 Å². The summed E-state index contributed by atoms with van der Waals surface area (Å²) in [6, 6.07) is 12.6. The molecule has 0 aliphatic heterocycles. The van der Waals surface area contributed by atoms with E-state index in [4.69, 9.17) is 4.74 Å². The molecule has 0 atom stereocenters. The molecule has 2 aromatic heterocycles. The summed E-state index contributed by atoms with van der Waals surface area (Å²) < 4.78 is 25.3. The van der Waals surface area contributed by atoms with Crippen molar-refractivity contribution in [2.24, 2.45) is 0 Å². The number of hydrogen-bond donors (Lipinski definition) is 1. The van der Waals surface area contributed by atoms with E-state index in [9.17, 15) is 4.39 Å². The summed E-state index contributed by atoms with van der Waals surface area (Å²) in [6.07, 6.45) is 0. The molecular formula is C20H19FN6OS. The molecule has 0 unspecified atom stereocenters. The Morgan fingerprint density at radius 1 is 1.14 bits per heavy atom. The molecule has 148 valence electrons. The van der Waals surface area contributed by atoms with E-state index in [0.29, 0.717) is 34.5 Å². The molecule has 9 heteroatoms. The standard InChI is InChI=1S/C20H19FN6OS/c1-4-28-16-9-6-14(7-10-16)22-20-23-19(25-29-20)18-13(3)27(26-24-18)15-8-5-12(2)17(21)11-15/h5-11H,4H2,1-3H3,(H,22,23,25). The molecule has 2 heterocycles. The minimum absolute atomic E-state index is 0.285. The lowest BCUT2D eigenvalue weighted by Gasteiger charge is -2.05. The first-order valence-corrected chi connectivity index (χ1v) is 9.85. The first-order valence-electron chi connectivity index (χ1n) is 9.08. The molecule has 0 fully saturated rings. The average Bonchev–Trinajstić information content (AvgIpc) is 3.32. The van der Waals surface area contributed by atoms with Crippen LogP contribution in [-0.4, -0.2) is 31.0 Å². The summed E-state index contributed by atoms with van der Waals surface area (Å²) in [5.41, 5.74) is 3.36. The fourth-order valence-corrected chi connectivity index (χ4v) is 3.38. The number of aryl methyl sites for hydroxylation is 1. The first-order chi connectivity index (χ1) is 14.0. The van der Waals surface area contributed by atoms with E-state index in [1.807, 2.05) is 38.1 Å². The molecule has 1 N–H and O–H groups in total. The molecule has 0 spiro atoms. The Morgan fingerprint density at radius 3 is 2.66 bits per heavy atom. The van der Waals surface area contributed by atoms with Crippen LogP contribution in [0.15, 0.2) is 42.5 Å². The highest BCUT2D eigenvalue weighted by molar-refractivity contribution is 7.09. The van der Waals surface area contributed by atoms with Crippen molar-refractivity contribution in [2.45, 2.75) is 20.8 Å². The second kappa shape index (κ2) is 7.96. The quantitative estimate of drug-likeness (QED) is 0.497. The van der Waals surface area contributed by atoms with Crippen molar-refractivity contribution >= 4 is 22.4 Å². The van der Waals surface area contributed by atoms with Gasteiger partial charge in [0.25, 0.3) is 0 Å². The Labute approximate surface area is 171 Å². The average molecular weight is 410 g/mol. The third kappa shape index (κ3) is 3.95. The third-order valence-electron chi connectivity index (χ3n) is 4.35. The highest BCUT2D eigenvalue weighted by Crippen LogP contribution is 2.26. The highest BCUT2D eigenvalue weighted by atomic mass is 32.1. The van der Waals surface area contributed by atoms with Crippen LogP contribution >= 0.6 is 11.5 Å². The maximum absolute atomic E-state index is 13.9. The number of nitrogens with one attached hydrogen (secondary N) is 1. The van der Waals surface area contributed by atoms with Gasteiger partial charge in [0, 0.05) is 17.2 Å². The summed E-state index contributed by atoms with van der Waals surface area (Å²) in [7, 11) is 0. The van der Waals surface area contributed by atoms with E-state index in [2.05, 4.69) is 25.0 Å². The molecule has 4 rings (SSSR count). The van der Waals surface area contributed by atoms with Gasteiger partial charge in [-0.1, -0.05) is 11.3 Å². The SMILES string of the molecule is CCOc1ccc(Nc2nc(-c3nnn(-c4ccc(C)c(F)c4)c3C)ns2)cc1.